The van der Waals surface area contributed by atoms with Crippen LogP contribution in [0.25, 0.3) is 0 Å². The second-order valence-corrected chi connectivity index (χ2v) is 4.03. The van der Waals surface area contributed by atoms with Gasteiger partial charge >= 0.3 is 7.60 Å². The second kappa shape index (κ2) is 4.48. The summed E-state index contributed by atoms with van der Waals surface area (Å²) in [5, 5.41) is 0. The van der Waals surface area contributed by atoms with Gasteiger partial charge in [-0.2, -0.15) is 0 Å². The van der Waals surface area contributed by atoms with Crippen LogP contribution in [-0.4, -0.2) is 17.5 Å². The third-order valence-corrected chi connectivity index (χ3v) is 2.58. The van der Waals surface area contributed by atoms with E-state index in [4.69, 9.17) is 4.89 Å². The van der Waals surface area contributed by atoms with Gasteiger partial charge in [-0.1, -0.05) is 30.3 Å². The largest absolute Gasteiger partial charge is 0.425 e. The van der Waals surface area contributed by atoms with Crippen molar-refractivity contribution in [2.24, 2.45) is 0 Å². The Hall–Kier alpha value is -1.00. The van der Waals surface area contributed by atoms with Crippen LogP contribution in [0.3, 0.4) is 0 Å². The monoisotopic (exact) mass is 216 g/mol. The molecule has 0 aliphatic rings. The summed E-state index contributed by atoms with van der Waals surface area (Å²) in [6.45, 7) is 0. The molecule has 1 unspecified atom stereocenters. The van der Waals surface area contributed by atoms with E-state index in [0.717, 1.165) is 7.11 Å². The summed E-state index contributed by atoms with van der Waals surface area (Å²) >= 11 is 0. The van der Waals surface area contributed by atoms with Crippen LogP contribution in [0.5, 0.6) is 0 Å². The summed E-state index contributed by atoms with van der Waals surface area (Å²) in [4.78, 5) is 24.4. The Bertz CT molecular complexity index is 361. The molecule has 6 heteroatoms. The van der Waals surface area contributed by atoms with Crippen LogP contribution in [0.15, 0.2) is 30.3 Å². The molecule has 1 N–H and O–H groups in total. The Balaban J connectivity index is 2.91. The lowest BCUT2D eigenvalue weighted by atomic mass is 10.2. The fourth-order valence-corrected chi connectivity index (χ4v) is 1.62. The maximum Gasteiger partial charge on any atom is 0.425 e. The van der Waals surface area contributed by atoms with Crippen molar-refractivity contribution < 1.29 is 23.8 Å². The van der Waals surface area contributed by atoms with Gasteiger partial charge in [0, 0.05) is 5.56 Å². The summed E-state index contributed by atoms with van der Waals surface area (Å²) in [7, 11) is -3.31. The molecule has 0 saturated carbocycles. The number of carbonyl (C=O) groups is 1. The van der Waals surface area contributed by atoms with E-state index < -0.39 is 13.1 Å². The molecule has 14 heavy (non-hydrogen) atoms. The first-order valence-corrected chi connectivity index (χ1v) is 5.31. The summed E-state index contributed by atoms with van der Waals surface area (Å²) < 4.78 is 15.2. The third kappa shape index (κ3) is 2.49. The first-order chi connectivity index (χ1) is 6.58. The Labute approximate surface area is 80.7 Å². The quantitative estimate of drug-likeness (QED) is 0.470. The number of benzene rings is 1. The van der Waals surface area contributed by atoms with E-state index in [1.807, 2.05) is 0 Å². The Morgan fingerprint density at radius 1 is 1.36 bits per heavy atom. The summed E-state index contributed by atoms with van der Waals surface area (Å²) in [6.07, 6.45) is 0. The lowest BCUT2D eigenvalue weighted by Crippen LogP contribution is -2.02. The smallest absolute Gasteiger partial charge is 0.317 e. The van der Waals surface area contributed by atoms with Crippen LogP contribution in [0.4, 0.5) is 0 Å². The molecule has 0 fully saturated rings. The van der Waals surface area contributed by atoms with Crippen molar-refractivity contribution in [2.75, 3.05) is 7.11 Å². The van der Waals surface area contributed by atoms with Gasteiger partial charge in [0.05, 0.1) is 7.11 Å². The Kier molecular flexibility index (Phi) is 3.55. The molecule has 1 aromatic rings. The van der Waals surface area contributed by atoms with Gasteiger partial charge in [-0.15, -0.1) is 4.67 Å². The second-order valence-electron chi connectivity index (χ2n) is 2.43. The maximum atomic E-state index is 11.3. The first-order valence-electron chi connectivity index (χ1n) is 3.73. The molecular formula is C8H9O5P. The lowest BCUT2D eigenvalue weighted by Gasteiger charge is -2.06. The van der Waals surface area contributed by atoms with Crippen LogP contribution < -0.4 is 0 Å². The zero-order chi connectivity index (χ0) is 10.6. The van der Waals surface area contributed by atoms with Gasteiger partial charge in [0.15, 0.2) is 0 Å². The zero-order valence-corrected chi connectivity index (χ0v) is 8.31. The molecule has 0 saturated heterocycles. The molecule has 1 atom stereocenters. The number of hydrogen-bond acceptors (Lipinski definition) is 4. The SMILES string of the molecule is COOP(=O)(O)C(=O)c1ccccc1. The average Bonchev–Trinajstić information content (AvgIpc) is 2.18. The molecule has 1 rings (SSSR count). The highest BCUT2D eigenvalue weighted by Gasteiger charge is 2.32. The van der Waals surface area contributed by atoms with Gasteiger partial charge in [-0.25, -0.2) is 9.45 Å². The van der Waals surface area contributed by atoms with Crippen molar-refractivity contribution in [1.29, 1.82) is 0 Å². The van der Waals surface area contributed by atoms with Crippen LogP contribution in [0.2, 0.25) is 0 Å². The third-order valence-electron chi connectivity index (χ3n) is 1.45. The minimum Gasteiger partial charge on any atom is -0.317 e. The standard InChI is InChI=1S/C8H9O5P/c1-12-13-14(10,11)8(9)7-5-3-2-4-6-7/h2-6H,1H3,(H,10,11). The van der Waals surface area contributed by atoms with Crippen molar-refractivity contribution in [3.05, 3.63) is 35.9 Å². The lowest BCUT2D eigenvalue weighted by molar-refractivity contribution is -0.183. The average molecular weight is 216 g/mol. The van der Waals surface area contributed by atoms with Crippen LogP contribution in [0, 0.1) is 0 Å². The van der Waals surface area contributed by atoms with E-state index in [2.05, 4.69) is 9.56 Å². The van der Waals surface area contributed by atoms with Crippen molar-refractivity contribution >= 4 is 13.1 Å². The first kappa shape index (κ1) is 11.1. The Morgan fingerprint density at radius 2 is 1.93 bits per heavy atom. The van der Waals surface area contributed by atoms with Crippen molar-refractivity contribution in [3.8, 4) is 0 Å². The van der Waals surface area contributed by atoms with Gasteiger partial charge < -0.3 is 4.89 Å². The summed E-state index contributed by atoms with van der Waals surface area (Å²) in [5.74, 6) is 0. The number of rotatable bonds is 4. The van der Waals surface area contributed by atoms with Gasteiger partial charge in [-0.3, -0.25) is 4.79 Å². The molecule has 5 nitrogen and oxygen atoms in total. The molecular weight excluding hydrogens is 207 g/mol. The van der Waals surface area contributed by atoms with Crippen LogP contribution >= 0.6 is 7.60 Å². The van der Waals surface area contributed by atoms with E-state index in [-0.39, 0.29) is 5.56 Å². The molecule has 0 aromatic heterocycles. The molecule has 0 spiro atoms. The summed E-state index contributed by atoms with van der Waals surface area (Å²) in [5.41, 5.74) is -0.879. The van der Waals surface area contributed by atoms with Crippen LogP contribution in [0.1, 0.15) is 10.4 Å². The molecule has 76 valence electrons. The van der Waals surface area contributed by atoms with Gasteiger partial charge in [-0.05, 0) is 0 Å². The molecule has 0 heterocycles. The van der Waals surface area contributed by atoms with Gasteiger partial charge in [0.1, 0.15) is 0 Å². The van der Waals surface area contributed by atoms with Crippen molar-refractivity contribution in [1.82, 2.24) is 0 Å². The van der Waals surface area contributed by atoms with Crippen molar-refractivity contribution in [3.63, 3.8) is 0 Å². The fourth-order valence-electron chi connectivity index (χ4n) is 0.879. The van der Waals surface area contributed by atoms with Gasteiger partial charge in [0.2, 0.25) is 0 Å². The number of carbonyl (C=O) groups excluding carboxylic acids is 1. The van der Waals surface area contributed by atoms with E-state index in [0.29, 0.717) is 0 Å². The topological polar surface area (TPSA) is 72.8 Å². The van der Waals surface area contributed by atoms with Gasteiger partial charge in [0.25, 0.3) is 5.52 Å². The van der Waals surface area contributed by atoms with E-state index in [1.54, 1.807) is 18.2 Å². The molecule has 0 aliphatic heterocycles. The maximum absolute atomic E-state index is 11.3. The minimum absolute atomic E-state index is 0.107. The molecule has 0 aliphatic carbocycles. The number of hydrogen-bond donors (Lipinski definition) is 1. The molecule has 1 aromatic carbocycles. The van der Waals surface area contributed by atoms with E-state index >= 15 is 0 Å². The predicted octanol–water partition coefficient (Wildman–Crippen LogP) is 1.59. The van der Waals surface area contributed by atoms with Crippen molar-refractivity contribution in [2.45, 2.75) is 0 Å². The fraction of sp³-hybridized carbons (Fsp3) is 0.125. The highest BCUT2D eigenvalue weighted by molar-refractivity contribution is 7.71. The molecule has 0 radical (unpaired) electrons. The normalized spacial score (nSPS) is 14.7. The van der Waals surface area contributed by atoms with E-state index in [1.165, 1.54) is 12.1 Å². The highest BCUT2D eigenvalue weighted by Crippen LogP contribution is 2.45. The zero-order valence-electron chi connectivity index (χ0n) is 7.41. The highest BCUT2D eigenvalue weighted by atomic mass is 31.2. The minimum atomic E-state index is -4.37. The predicted molar refractivity (Wildman–Crippen MR) is 48.7 cm³/mol. The Morgan fingerprint density at radius 3 is 2.43 bits per heavy atom. The summed E-state index contributed by atoms with van der Waals surface area (Å²) in [6, 6.07) is 7.70. The molecule has 0 bridgehead atoms. The van der Waals surface area contributed by atoms with Crippen LogP contribution in [-0.2, 0) is 14.1 Å². The molecule has 0 amide bonds. The van der Waals surface area contributed by atoms with E-state index in [9.17, 15) is 9.36 Å².